The number of hydrogen-bond donors (Lipinski definition) is 3. The number of thioether (sulfide) groups is 2. The van der Waals surface area contributed by atoms with E-state index in [-0.39, 0.29) is 23.7 Å². The minimum Gasteiger partial charge on any atom is -0.382 e. The summed E-state index contributed by atoms with van der Waals surface area (Å²) in [5.74, 6) is -1.72. The Bertz CT molecular complexity index is 1590. The Labute approximate surface area is 425 Å². The number of carbonyl (C=O) groups excluding carboxylic acids is 5. The van der Waals surface area contributed by atoms with Crippen LogP contribution in [-0.4, -0.2) is 115 Å². The maximum atomic E-state index is 14.1. The van der Waals surface area contributed by atoms with Gasteiger partial charge in [-0.15, -0.1) is 0 Å². The Kier molecular flexibility index (Phi) is 30.4. The molecule has 6 atom stereocenters. The number of amides is 2. The summed E-state index contributed by atoms with van der Waals surface area (Å²) in [6, 6.07) is 3.94. The average Bonchev–Trinajstić information content (AvgIpc) is 3.58. The van der Waals surface area contributed by atoms with Crippen LogP contribution >= 0.6 is 23.5 Å². The molecule has 1 aromatic rings. The van der Waals surface area contributed by atoms with E-state index in [0.717, 1.165) is 56.6 Å². The van der Waals surface area contributed by atoms with Gasteiger partial charge in [0.15, 0.2) is 34.8 Å². The van der Waals surface area contributed by atoms with Gasteiger partial charge in [-0.25, -0.2) is 0 Å². The quantitative estimate of drug-likeness (QED) is 0.0419. The molecule has 1 unspecified atom stereocenters. The van der Waals surface area contributed by atoms with Crippen molar-refractivity contribution in [2.75, 3.05) is 29.6 Å². The molecule has 0 aromatic heterocycles. The van der Waals surface area contributed by atoms with Crippen LogP contribution in [0.15, 0.2) is 24.3 Å². The fourth-order valence-electron chi connectivity index (χ4n) is 9.99. The first-order valence-corrected chi connectivity index (χ1v) is 29.6. The Balaban J connectivity index is 1.65. The molecule has 3 rings (SSSR count). The zero-order valence-corrected chi connectivity index (χ0v) is 45.1. The number of unbranched alkanes of at least 4 members (excludes halogenated alkanes) is 26. The van der Waals surface area contributed by atoms with E-state index in [1.807, 2.05) is 23.5 Å². The van der Waals surface area contributed by atoms with Crippen LogP contribution in [0, 0.1) is 5.92 Å². The molecule has 11 nitrogen and oxygen atoms in total. The molecule has 1 aromatic carbocycles. The molecule has 0 aliphatic carbocycles. The molecule has 394 valence electrons. The SMILES string of the molecule is CCCCCCCCCCCCCCCCSCC(CO[C@H]1O[C@H](C(O)C(C)=O)[C@](O)(C(C)=O)[C@@](O)(C(C)=O)[C@@H]1N1C(=O)c2ccccc2C1=O)CSCCCCCCCCCCCCCCCC. The molecule has 2 amide bonds. The highest BCUT2D eigenvalue weighted by atomic mass is 32.2. The molecule has 0 saturated carbocycles. The lowest BCUT2D eigenvalue weighted by Crippen LogP contribution is -2.84. The van der Waals surface area contributed by atoms with E-state index in [9.17, 15) is 39.3 Å². The second-order valence-electron chi connectivity index (χ2n) is 20.1. The zero-order chi connectivity index (χ0) is 50.5. The molecule has 69 heavy (non-hydrogen) atoms. The van der Waals surface area contributed by atoms with Gasteiger partial charge in [0.1, 0.15) is 18.2 Å². The largest absolute Gasteiger partial charge is 0.382 e. The molecular weight excluding hydrogens is 911 g/mol. The smallest absolute Gasteiger partial charge is 0.262 e. The number of aliphatic hydroxyl groups is 3. The van der Waals surface area contributed by atoms with Gasteiger partial charge in [-0.2, -0.15) is 23.5 Å². The molecule has 2 heterocycles. The summed E-state index contributed by atoms with van der Waals surface area (Å²) in [4.78, 5) is 68.6. The number of fused-ring (bicyclic) bond motifs is 1. The standard InChI is InChI=1S/C56H93NO10S2/c1-6-8-10-12-14-16-18-20-22-24-26-28-30-34-38-68-41-46(42-69-39-35-31-29-27-25-23-21-19-17-15-13-11-9-7-2)40-66-54-50(57-52(62)47-36-32-33-37-48(47)53(57)63)55(64,44(4)59)56(65,45(5)60)51(67-54)49(61)43(3)58/h32-33,36-37,46,49-51,54,61,64-65H,6-31,34-35,38-42H2,1-5H3/t49?,50-,51-,54+,55-,56-/m1/s1. The minimum absolute atomic E-state index is 0.00193. The number of carbonyl (C=O) groups is 5. The molecule has 0 spiro atoms. The number of imide groups is 1. The molecule has 0 bridgehead atoms. The first-order chi connectivity index (χ1) is 33.3. The van der Waals surface area contributed by atoms with E-state index < -0.39 is 64.9 Å². The zero-order valence-electron chi connectivity index (χ0n) is 43.5. The van der Waals surface area contributed by atoms with Gasteiger partial charge < -0.3 is 24.8 Å². The minimum atomic E-state index is -3.25. The van der Waals surface area contributed by atoms with Crippen LogP contribution in [0.4, 0.5) is 0 Å². The van der Waals surface area contributed by atoms with Gasteiger partial charge in [0, 0.05) is 5.92 Å². The Morgan fingerprint density at radius 3 is 1.28 bits per heavy atom. The summed E-state index contributed by atoms with van der Waals surface area (Å²) in [5.41, 5.74) is -6.49. The van der Waals surface area contributed by atoms with E-state index in [1.54, 1.807) is 12.1 Å². The summed E-state index contributed by atoms with van der Waals surface area (Å²) in [7, 11) is 0. The second kappa shape index (κ2) is 34.3. The van der Waals surface area contributed by atoms with Crippen LogP contribution in [0.5, 0.6) is 0 Å². The number of ether oxygens (including phenoxy) is 2. The number of rotatable bonds is 42. The normalized spacial score (nSPS) is 21.9. The molecule has 2 aliphatic rings. The third kappa shape index (κ3) is 19.0. The first kappa shape index (κ1) is 61.2. The lowest BCUT2D eigenvalue weighted by Gasteiger charge is -2.56. The monoisotopic (exact) mass is 1000 g/mol. The van der Waals surface area contributed by atoms with Crippen LogP contribution < -0.4 is 0 Å². The van der Waals surface area contributed by atoms with E-state index in [2.05, 4.69) is 13.8 Å². The van der Waals surface area contributed by atoms with E-state index in [4.69, 9.17) is 9.47 Å². The highest BCUT2D eigenvalue weighted by molar-refractivity contribution is 8.00. The van der Waals surface area contributed by atoms with Gasteiger partial charge in [0.2, 0.25) is 0 Å². The first-order valence-electron chi connectivity index (χ1n) is 27.3. The molecule has 1 saturated heterocycles. The molecule has 3 N–H and O–H groups in total. The van der Waals surface area contributed by atoms with E-state index >= 15 is 0 Å². The van der Waals surface area contributed by atoms with Gasteiger partial charge in [0.05, 0.1) is 17.7 Å². The summed E-state index contributed by atoms with van der Waals surface area (Å²) >= 11 is 3.66. The van der Waals surface area contributed by atoms with Crippen LogP contribution in [0.3, 0.4) is 0 Å². The van der Waals surface area contributed by atoms with Crippen LogP contribution in [0.2, 0.25) is 0 Å². The Morgan fingerprint density at radius 1 is 0.594 bits per heavy atom. The Morgan fingerprint density at radius 2 is 0.942 bits per heavy atom. The topological polar surface area (TPSA) is 168 Å². The molecule has 1 fully saturated rings. The van der Waals surface area contributed by atoms with Crippen molar-refractivity contribution in [1.29, 1.82) is 0 Å². The highest BCUT2D eigenvalue weighted by Crippen LogP contribution is 2.46. The predicted octanol–water partition coefficient (Wildman–Crippen LogP) is 12.0. The van der Waals surface area contributed by atoms with Crippen molar-refractivity contribution in [3.05, 3.63) is 35.4 Å². The van der Waals surface area contributed by atoms with Crippen molar-refractivity contribution in [3.63, 3.8) is 0 Å². The Hall–Kier alpha value is -2.13. The van der Waals surface area contributed by atoms with Gasteiger partial charge in [-0.3, -0.25) is 28.9 Å². The van der Waals surface area contributed by atoms with Crippen molar-refractivity contribution in [3.8, 4) is 0 Å². The second-order valence-corrected chi connectivity index (χ2v) is 22.4. The van der Waals surface area contributed by atoms with E-state index in [1.165, 1.54) is 179 Å². The number of Topliss-reactive ketones (excluding diaryl/α,β-unsaturated/α-hetero) is 3. The summed E-state index contributed by atoms with van der Waals surface area (Å²) < 4.78 is 12.6. The fraction of sp³-hybridized carbons (Fsp3) is 0.804. The average molecular weight is 1000 g/mol. The maximum absolute atomic E-state index is 14.1. The van der Waals surface area contributed by atoms with Gasteiger partial charge in [-0.1, -0.05) is 193 Å². The summed E-state index contributed by atoms with van der Waals surface area (Å²) in [6.45, 7) is 7.36. The lowest BCUT2D eigenvalue weighted by molar-refractivity contribution is -0.331. The van der Waals surface area contributed by atoms with Crippen molar-refractivity contribution < 1.29 is 48.8 Å². The van der Waals surface area contributed by atoms with Crippen molar-refractivity contribution in [1.82, 2.24) is 4.90 Å². The van der Waals surface area contributed by atoms with Gasteiger partial charge in [-0.05, 0) is 68.8 Å². The molecule has 13 heteroatoms. The van der Waals surface area contributed by atoms with Crippen LogP contribution in [0.25, 0.3) is 0 Å². The summed E-state index contributed by atoms with van der Waals surface area (Å²) in [5, 5.41) is 35.9. The predicted molar refractivity (Wildman–Crippen MR) is 282 cm³/mol. The molecule has 0 radical (unpaired) electrons. The molecular formula is C56H93NO10S2. The number of ketones is 3. The highest BCUT2D eigenvalue weighted by Gasteiger charge is 2.74. The number of hydrogen-bond acceptors (Lipinski definition) is 12. The fourth-order valence-corrected chi connectivity index (χ4v) is 12.4. The van der Waals surface area contributed by atoms with Gasteiger partial charge in [0.25, 0.3) is 11.8 Å². The number of nitrogens with zero attached hydrogens (tertiary/aromatic N) is 1. The number of benzene rings is 1. The lowest BCUT2D eigenvalue weighted by atomic mass is 9.65. The van der Waals surface area contributed by atoms with Crippen molar-refractivity contribution >= 4 is 52.7 Å². The van der Waals surface area contributed by atoms with E-state index in [0.29, 0.717) is 4.90 Å². The maximum Gasteiger partial charge on any atom is 0.262 e. The van der Waals surface area contributed by atoms with Crippen LogP contribution in [-0.2, 0) is 23.9 Å². The molecule has 2 aliphatic heterocycles. The third-order valence-corrected chi connectivity index (χ3v) is 16.9. The summed E-state index contributed by atoms with van der Waals surface area (Å²) in [6.07, 6.45) is 30.1. The van der Waals surface area contributed by atoms with Crippen LogP contribution in [0.1, 0.15) is 235 Å². The van der Waals surface area contributed by atoms with Crippen molar-refractivity contribution in [2.24, 2.45) is 5.92 Å². The number of aliphatic hydroxyl groups excluding tert-OH is 1. The van der Waals surface area contributed by atoms with Gasteiger partial charge >= 0.3 is 0 Å². The van der Waals surface area contributed by atoms with Crippen molar-refractivity contribution in [2.45, 2.75) is 250 Å². The third-order valence-electron chi connectivity index (χ3n) is 14.3.